The van der Waals surface area contributed by atoms with Crippen molar-refractivity contribution in [3.05, 3.63) is 0 Å². The first-order chi connectivity index (χ1) is 7.26. The van der Waals surface area contributed by atoms with Gasteiger partial charge in [0.25, 0.3) is 5.91 Å². The van der Waals surface area contributed by atoms with E-state index >= 15 is 0 Å². The number of rotatable bonds is 9. The van der Waals surface area contributed by atoms with Crippen LogP contribution in [0.5, 0.6) is 0 Å². The molecule has 0 aliphatic carbocycles. The zero-order valence-electron chi connectivity index (χ0n) is 9.50. The molecule has 90 valence electrons. The van der Waals surface area contributed by atoms with Crippen LogP contribution in [-0.4, -0.2) is 12.0 Å². The van der Waals surface area contributed by atoms with Gasteiger partial charge in [0.05, 0.1) is 0 Å². The van der Waals surface area contributed by atoms with Crippen molar-refractivity contribution in [2.45, 2.75) is 58.0 Å². The molecule has 0 spiro atoms. The van der Waals surface area contributed by atoms with Crippen LogP contribution in [-0.2, 0) is 9.63 Å². The zero-order chi connectivity index (χ0) is 11.5. The van der Waals surface area contributed by atoms with Crippen LogP contribution in [0, 0.1) is 0 Å². The molecule has 0 fully saturated rings. The molecule has 5 heteroatoms. The van der Waals surface area contributed by atoms with E-state index in [1.54, 1.807) is 0 Å². The van der Waals surface area contributed by atoms with Crippen LogP contribution >= 0.6 is 0 Å². The summed E-state index contributed by atoms with van der Waals surface area (Å²) in [6.07, 6.45) is 7.05. The van der Waals surface area contributed by atoms with E-state index < -0.39 is 6.10 Å². The average Bonchev–Trinajstić information content (AvgIpc) is 2.27. The molecule has 0 bridgehead atoms. The summed E-state index contributed by atoms with van der Waals surface area (Å²) < 4.78 is 0. The zero-order valence-corrected chi connectivity index (χ0v) is 9.50. The minimum absolute atomic E-state index is 0.356. The van der Waals surface area contributed by atoms with E-state index in [0.29, 0.717) is 6.42 Å². The Morgan fingerprint density at radius 3 is 2.40 bits per heavy atom. The summed E-state index contributed by atoms with van der Waals surface area (Å²) in [5.74, 6) is 9.62. The van der Waals surface area contributed by atoms with Gasteiger partial charge in [-0.05, 0) is 6.42 Å². The van der Waals surface area contributed by atoms with E-state index in [2.05, 4.69) is 11.8 Å². The van der Waals surface area contributed by atoms with Crippen LogP contribution in [0.15, 0.2) is 0 Å². The fourth-order valence-corrected chi connectivity index (χ4v) is 1.46. The van der Waals surface area contributed by atoms with E-state index in [-0.39, 0.29) is 5.91 Å². The molecule has 0 aromatic heterocycles. The van der Waals surface area contributed by atoms with Crippen molar-refractivity contribution < 1.29 is 9.63 Å². The predicted octanol–water partition coefficient (Wildman–Crippen LogP) is 0.986. The van der Waals surface area contributed by atoms with E-state index in [0.717, 1.165) is 12.8 Å². The number of nitrogens with one attached hydrogen (secondary N) is 1. The molecular weight excluding hydrogens is 194 g/mol. The minimum Gasteiger partial charge on any atom is -0.292 e. The van der Waals surface area contributed by atoms with Crippen molar-refractivity contribution in [2.24, 2.45) is 11.7 Å². The Labute approximate surface area is 91.5 Å². The Balaban J connectivity index is 3.42. The van der Waals surface area contributed by atoms with Gasteiger partial charge in [0.1, 0.15) is 0 Å². The Bertz CT molecular complexity index is 165. The molecule has 0 aliphatic heterocycles. The van der Waals surface area contributed by atoms with Crippen LogP contribution in [0.3, 0.4) is 0 Å². The highest BCUT2D eigenvalue weighted by molar-refractivity contribution is 5.79. The molecular formula is C10H23N3O2. The quantitative estimate of drug-likeness (QED) is 0.232. The molecule has 0 saturated carbocycles. The number of nitrogens with two attached hydrogens (primary N) is 2. The lowest BCUT2D eigenvalue weighted by molar-refractivity contribution is -0.133. The molecule has 5 N–H and O–H groups in total. The van der Waals surface area contributed by atoms with E-state index in [4.69, 9.17) is 11.7 Å². The molecule has 1 atom stereocenters. The van der Waals surface area contributed by atoms with Crippen molar-refractivity contribution in [1.82, 2.24) is 5.43 Å². The number of hydrazine groups is 1. The second-order valence-electron chi connectivity index (χ2n) is 3.69. The molecule has 0 saturated heterocycles. The number of amides is 1. The van der Waals surface area contributed by atoms with Crippen molar-refractivity contribution in [3.63, 3.8) is 0 Å². The lowest BCUT2D eigenvalue weighted by Gasteiger charge is -2.11. The largest absolute Gasteiger partial charge is 0.292 e. The number of carbonyl (C=O) groups is 1. The number of hydrogen-bond donors (Lipinski definition) is 3. The number of carbonyl (C=O) groups excluding carboxylic acids is 1. The Hall–Kier alpha value is -0.650. The molecule has 0 heterocycles. The Kier molecular flexibility index (Phi) is 9.46. The first-order valence-corrected chi connectivity index (χ1v) is 5.62. The van der Waals surface area contributed by atoms with Gasteiger partial charge in [-0.25, -0.2) is 11.7 Å². The topological polar surface area (TPSA) is 90.4 Å². The third kappa shape index (κ3) is 7.30. The van der Waals surface area contributed by atoms with Crippen LogP contribution in [0.2, 0.25) is 0 Å². The van der Waals surface area contributed by atoms with Gasteiger partial charge in [0.15, 0.2) is 6.10 Å². The van der Waals surface area contributed by atoms with Crippen LogP contribution in [0.4, 0.5) is 0 Å². The van der Waals surface area contributed by atoms with Crippen molar-refractivity contribution in [3.8, 4) is 0 Å². The fourth-order valence-electron chi connectivity index (χ4n) is 1.46. The molecule has 0 aromatic rings. The number of unbranched alkanes of at least 4 members (excludes halogenated alkanes) is 5. The van der Waals surface area contributed by atoms with Gasteiger partial charge in [-0.2, -0.15) is 0 Å². The molecule has 1 amide bonds. The molecule has 5 nitrogen and oxygen atoms in total. The third-order valence-electron chi connectivity index (χ3n) is 2.42. The molecule has 1 unspecified atom stereocenters. The number of hydrogen-bond acceptors (Lipinski definition) is 4. The van der Waals surface area contributed by atoms with E-state index in [9.17, 15) is 4.79 Å². The summed E-state index contributed by atoms with van der Waals surface area (Å²) in [5.41, 5.74) is 2.03. The fraction of sp³-hybridized carbons (Fsp3) is 0.900. The maximum absolute atomic E-state index is 11.1. The highest BCUT2D eigenvalue weighted by atomic mass is 16.6. The molecule has 15 heavy (non-hydrogen) atoms. The molecule has 0 aromatic carbocycles. The third-order valence-corrected chi connectivity index (χ3v) is 2.42. The standard InChI is InChI=1S/C10H23N3O2/c1-2-3-4-5-6-7-8-9(15-12)10(14)13-11/h9H,2-8,11-12H2,1H3,(H,13,14). The van der Waals surface area contributed by atoms with Crippen molar-refractivity contribution in [1.29, 1.82) is 0 Å². The summed E-state index contributed by atoms with van der Waals surface area (Å²) in [6, 6.07) is 0. The smallest absolute Gasteiger partial charge is 0.265 e. The summed E-state index contributed by atoms with van der Waals surface area (Å²) >= 11 is 0. The second-order valence-corrected chi connectivity index (χ2v) is 3.69. The summed E-state index contributed by atoms with van der Waals surface area (Å²) in [5, 5.41) is 0. The normalized spacial score (nSPS) is 12.5. The lowest BCUT2D eigenvalue weighted by Crippen LogP contribution is -2.41. The molecule has 0 radical (unpaired) electrons. The highest BCUT2D eigenvalue weighted by Crippen LogP contribution is 2.09. The summed E-state index contributed by atoms with van der Waals surface area (Å²) in [6.45, 7) is 2.18. The van der Waals surface area contributed by atoms with Crippen LogP contribution < -0.4 is 17.2 Å². The maximum atomic E-state index is 11.1. The molecule has 0 aliphatic rings. The SMILES string of the molecule is CCCCCCCCC(ON)C(=O)NN. The van der Waals surface area contributed by atoms with E-state index in [1.807, 2.05) is 5.43 Å². The van der Waals surface area contributed by atoms with Gasteiger partial charge < -0.3 is 0 Å². The lowest BCUT2D eigenvalue weighted by atomic mass is 10.1. The second kappa shape index (κ2) is 9.89. The van der Waals surface area contributed by atoms with Gasteiger partial charge in [0, 0.05) is 0 Å². The average molecular weight is 217 g/mol. The van der Waals surface area contributed by atoms with Crippen LogP contribution in [0.25, 0.3) is 0 Å². The first kappa shape index (κ1) is 14.3. The predicted molar refractivity (Wildman–Crippen MR) is 59.4 cm³/mol. The maximum Gasteiger partial charge on any atom is 0.265 e. The van der Waals surface area contributed by atoms with Gasteiger partial charge >= 0.3 is 0 Å². The molecule has 0 rings (SSSR count). The van der Waals surface area contributed by atoms with Gasteiger partial charge in [0.2, 0.25) is 0 Å². The Morgan fingerprint density at radius 2 is 1.87 bits per heavy atom. The minimum atomic E-state index is -0.610. The highest BCUT2D eigenvalue weighted by Gasteiger charge is 2.16. The summed E-state index contributed by atoms with van der Waals surface area (Å²) in [7, 11) is 0. The van der Waals surface area contributed by atoms with Gasteiger partial charge in [-0.15, -0.1) is 0 Å². The van der Waals surface area contributed by atoms with Crippen molar-refractivity contribution >= 4 is 5.91 Å². The van der Waals surface area contributed by atoms with Gasteiger partial charge in [-0.3, -0.25) is 15.1 Å². The monoisotopic (exact) mass is 217 g/mol. The first-order valence-electron chi connectivity index (χ1n) is 5.62. The van der Waals surface area contributed by atoms with Gasteiger partial charge in [-0.1, -0.05) is 45.4 Å². The van der Waals surface area contributed by atoms with Crippen LogP contribution in [0.1, 0.15) is 51.9 Å². The van der Waals surface area contributed by atoms with Crippen molar-refractivity contribution in [2.75, 3.05) is 0 Å². The van der Waals surface area contributed by atoms with E-state index in [1.165, 1.54) is 25.7 Å². The Morgan fingerprint density at radius 1 is 1.27 bits per heavy atom. The summed E-state index contributed by atoms with van der Waals surface area (Å²) in [4.78, 5) is 15.6.